The SMILES string of the molecule is CCNC(C)c1cc(F)c(C)cc1N(C)C(C)(C)CC. The number of halogens is 1. The van der Waals surface area contributed by atoms with Crippen LogP contribution < -0.4 is 10.2 Å². The van der Waals surface area contributed by atoms with Crippen LogP contribution in [0.15, 0.2) is 12.1 Å². The normalized spacial score (nSPS) is 13.4. The molecule has 3 heteroatoms. The van der Waals surface area contributed by atoms with Crippen molar-refractivity contribution in [2.45, 2.75) is 59.5 Å². The van der Waals surface area contributed by atoms with E-state index in [1.54, 1.807) is 6.07 Å². The molecule has 1 N–H and O–H groups in total. The second-order valence-electron chi connectivity index (χ2n) is 6.16. The molecule has 0 heterocycles. The van der Waals surface area contributed by atoms with Crippen molar-refractivity contribution < 1.29 is 4.39 Å². The van der Waals surface area contributed by atoms with Gasteiger partial charge in [0.05, 0.1) is 0 Å². The number of nitrogens with one attached hydrogen (secondary N) is 1. The van der Waals surface area contributed by atoms with Gasteiger partial charge in [0.15, 0.2) is 0 Å². The highest BCUT2D eigenvalue weighted by Crippen LogP contribution is 2.33. The van der Waals surface area contributed by atoms with E-state index in [0.717, 1.165) is 24.2 Å². The monoisotopic (exact) mass is 280 g/mol. The zero-order chi connectivity index (χ0) is 15.5. The van der Waals surface area contributed by atoms with Gasteiger partial charge in [0.1, 0.15) is 5.82 Å². The third-order valence-corrected chi connectivity index (χ3v) is 4.42. The van der Waals surface area contributed by atoms with E-state index in [1.807, 2.05) is 13.0 Å². The van der Waals surface area contributed by atoms with Gasteiger partial charge in [-0.15, -0.1) is 0 Å². The molecule has 114 valence electrons. The minimum atomic E-state index is -0.129. The number of hydrogen-bond acceptors (Lipinski definition) is 2. The molecule has 20 heavy (non-hydrogen) atoms. The molecule has 0 spiro atoms. The number of anilines is 1. The van der Waals surface area contributed by atoms with E-state index < -0.39 is 0 Å². The van der Waals surface area contributed by atoms with Gasteiger partial charge in [0, 0.05) is 24.3 Å². The maximum atomic E-state index is 14.0. The molecule has 0 amide bonds. The van der Waals surface area contributed by atoms with E-state index in [9.17, 15) is 4.39 Å². The maximum absolute atomic E-state index is 14.0. The Hall–Kier alpha value is -1.09. The molecule has 1 atom stereocenters. The molecule has 0 aliphatic carbocycles. The smallest absolute Gasteiger partial charge is 0.126 e. The van der Waals surface area contributed by atoms with E-state index in [2.05, 4.69) is 51.9 Å². The number of hydrogen-bond donors (Lipinski definition) is 1. The molecular formula is C17H29FN2. The highest BCUT2D eigenvalue weighted by molar-refractivity contribution is 5.58. The first-order valence-electron chi connectivity index (χ1n) is 7.51. The standard InChI is InChI=1S/C17H29FN2/c1-8-17(5,6)20(7)16-10-12(3)15(18)11-14(16)13(4)19-9-2/h10-11,13,19H,8-9H2,1-7H3. The lowest BCUT2D eigenvalue weighted by Crippen LogP contribution is -2.41. The van der Waals surface area contributed by atoms with Crippen LogP contribution in [0.5, 0.6) is 0 Å². The van der Waals surface area contributed by atoms with Crippen LogP contribution in [0.2, 0.25) is 0 Å². The molecule has 1 aromatic rings. The molecule has 1 unspecified atom stereocenters. The first-order valence-corrected chi connectivity index (χ1v) is 7.51. The fraction of sp³-hybridized carbons (Fsp3) is 0.647. The lowest BCUT2D eigenvalue weighted by molar-refractivity contribution is 0.466. The topological polar surface area (TPSA) is 15.3 Å². The van der Waals surface area contributed by atoms with Crippen molar-refractivity contribution >= 4 is 5.69 Å². The van der Waals surface area contributed by atoms with E-state index in [-0.39, 0.29) is 17.4 Å². The van der Waals surface area contributed by atoms with Crippen LogP contribution in [0.3, 0.4) is 0 Å². The molecule has 0 fully saturated rings. The summed E-state index contributed by atoms with van der Waals surface area (Å²) in [5.41, 5.74) is 2.89. The van der Waals surface area contributed by atoms with Crippen LogP contribution in [0.25, 0.3) is 0 Å². The minimum absolute atomic E-state index is 0.0466. The summed E-state index contributed by atoms with van der Waals surface area (Å²) in [6.07, 6.45) is 1.04. The lowest BCUT2D eigenvalue weighted by atomic mass is 9.95. The lowest BCUT2D eigenvalue weighted by Gasteiger charge is -2.39. The Morgan fingerprint density at radius 3 is 2.40 bits per heavy atom. The molecule has 0 saturated carbocycles. The van der Waals surface area contributed by atoms with Gasteiger partial charge in [-0.05, 0) is 63.9 Å². The summed E-state index contributed by atoms with van der Waals surface area (Å²) >= 11 is 0. The molecule has 0 radical (unpaired) electrons. The van der Waals surface area contributed by atoms with E-state index in [0.29, 0.717) is 5.56 Å². The number of rotatable bonds is 6. The summed E-state index contributed by atoms with van der Waals surface area (Å²) < 4.78 is 14.0. The first kappa shape index (κ1) is 17.0. The highest BCUT2D eigenvalue weighted by atomic mass is 19.1. The molecule has 0 aliphatic heterocycles. The van der Waals surface area contributed by atoms with Crippen molar-refractivity contribution in [2.24, 2.45) is 0 Å². The van der Waals surface area contributed by atoms with Crippen LogP contribution in [0.4, 0.5) is 10.1 Å². The quantitative estimate of drug-likeness (QED) is 0.829. The highest BCUT2D eigenvalue weighted by Gasteiger charge is 2.25. The minimum Gasteiger partial charge on any atom is -0.369 e. The molecule has 1 rings (SSSR count). The zero-order valence-corrected chi connectivity index (χ0v) is 14.0. The van der Waals surface area contributed by atoms with Gasteiger partial charge in [-0.1, -0.05) is 13.8 Å². The van der Waals surface area contributed by atoms with Gasteiger partial charge < -0.3 is 10.2 Å². The summed E-state index contributed by atoms with van der Waals surface area (Å²) in [6.45, 7) is 13.5. The fourth-order valence-corrected chi connectivity index (χ4v) is 2.30. The zero-order valence-electron chi connectivity index (χ0n) is 14.0. The van der Waals surface area contributed by atoms with E-state index >= 15 is 0 Å². The van der Waals surface area contributed by atoms with Gasteiger partial charge in [-0.25, -0.2) is 4.39 Å². The average molecular weight is 280 g/mol. The Morgan fingerprint density at radius 1 is 1.30 bits per heavy atom. The Bertz CT molecular complexity index is 455. The molecule has 2 nitrogen and oxygen atoms in total. The summed E-state index contributed by atoms with van der Waals surface area (Å²) in [7, 11) is 2.10. The molecular weight excluding hydrogens is 251 g/mol. The second-order valence-corrected chi connectivity index (χ2v) is 6.16. The van der Waals surface area contributed by atoms with Crippen molar-refractivity contribution in [1.29, 1.82) is 0 Å². The van der Waals surface area contributed by atoms with Gasteiger partial charge in [-0.3, -0.25) is 0 Å². The Morgan fingerprint density at radius 2 is 1.90 bits per heavy atom. The van der Waals surface area contributed by atoms with Gasteiger partial charge in [-0.2, -0.15) is 0 Å². The largest absolute Gasteiger partial charge is 0.369 e. The molecule has 1 aromatic carbocycles. The fourth-order valence-electron chi connectivity index (χ4n) is 2.30. The molecule has 0 aliphatic rings. The van der Waals surface area contributed by atoms with Crippen molar-refractivity contribution in [3.05, 3.63) is 29.1 Å². The number of benzene rings is 1. The van der Waals surface area contributed by atoms with Crippen molar-refractivity contribution in [3.63, 3.8) is 0 Å². The van der Waals surface area contributed by atoms with Crippen LogP contribution >= 0.6 is 0 Å². The van der Waals surface area contributed by atoms with Gasteiger partial charge >= 0.3 is 0 Å². The molecule has 0 bridgehead atoms. The number of aryl methyl sites for hydroxylation is 1. The third-order valence-electron chi connectivity index (χ3n) is 4.42. The van der Waals surface area contributed by atoms with Crippen molar-refractivity contribution in [3.8, 4) is 0 Å². The summed E-state index contributed by atoms with van der Waals surface area (Å²) in [4.78, 5) is 2.27. The first-order chi connectivity index (χ1) is 9.24. The predicted molar refractivity (Wildman–Crippen MR) is 86.0 cm³/mol. The Kier molecular flexibility index (Phi) is 5.58. The molecule has 0 aromatic heterocycles. The Balaban J connectivity index is 3.32. The van der Waals surface area contributed by atoms with Gasteiger partial charge in [0.25, 0.3) is 0 Å². The maximum Gasteiger partial charge on any atom is 0.126 e. The van der Waals surface area contributed by atoms with Gasteiger partial charge in [0.2, 0.25) is 0 Å². The van der Waals surface area contributed by atoms with E-state index in [4.69, 9.17) is 0 Å². The van der Waals surface area contributed by atoms with Crippen molar-refractivity contribution in [1.82, 2.24) is 5.32 Å². The average Bonchev–Trinajstić information content (AvgIpc) is 2.40. The van der Waals surface area contributed by atoms with Crippen LogP contribution in [0, 0.1) is 12.7 Å². The second kappa shape index (κ2) is 6.57. The summed E-state index contributed by atoms with van der Waals surface area (Å²) in [5, 5.41) is 3.38. The number of nitrogens with zero attached hydrogens (tertiary/aromatic N) is 1. The summed E-state index contributed by atoms with van der Waals surface area (Å²) in [6, 6.07) is 3.79. The predicted octanol–water partition coefficient (Wildman–Crippen LogP) is 4.43. The van der Waals surface area contributed by atoms with Crippen LogP contribution in [-0.4, -0.2) is 19.1 Å². The van der Waals surface area contributed by atoms with Crippen LogP contribution in [-0.2, 0) is 0 Å². The van der Waals surface area contributed by atoms with Crippen LogP contribution in [0.1, 0.15) is 58.2 Å². The Labute approximate surface area is 123 Å². The third kappa shape index (κ3) is 3.51. The summed E-state index contributed by atoms with van der Waals surface area (Å²) in [5.74, 6) is -0.129. The van der Waals surface area contributed by atoms with Crippen molar-refractivity contribution in [2.75, 3.05) is 18.5 Å². The van der Waals surface area contributed by atoms with E-state index in [1.165, 1.54) is 0 Å². The molecule has 0 saturated heterocycles.